The molecule has 1 aliphatic heterocycles. The van der Waals surface area contributed by atoms with Crippen LogP contribution in [-0.4, -0.2) is 42.0 Å². The van der Waals surface area contributed by atoms with Gasteiger partial charge in [-0.25, -0.2) is 0 Å². The van der Waals surface area contributed by atoms with Gasteiger partial charge >= 0.3 is 0 Å². The summed E-state index contributed by atoms with van der Waals surface area (Å²) in [6.45, 7) is 5.04. The molecule has 3 unspecified atom stereocenters. The highest BCUT2D eigenvalue weighted by atomic mass is 16.1. The Morgan fingerprint density at radius 3 is 2.67 bits per heavy atom. The van der Waals surface area contributed by atoms with E-state index in [1.54, 1.807) is 0 Å². The van der Waals surface area contributed by atoms with Crippen molar-refractivity contribution < 1.29 is 4.79 Å². The first kappa shape index (κ1) is 15.3. The van der Waals surface area contributed by atoms with Crippen LogP contribution in [0.1, 0.15) is 58.3 Å². The number of carbonyl (C=O) groups excluding carboxylic acids is 1. The minimum atomic E-state index is -0.470. The second-order valence-corrected chi connectivity index (χ2v) is 7.41. The summed E-state index contributed by atoms with van der Waals surface area (Å²) >= 11 is 0. The van der Waals surface area contributed by atoms with Gasteiger partial charge in [-0.2, -0.15) is 0 Å². The maximum absolute atomic E-state index is 12.3. The summed E-state index contributed by atoms with van der Waals surface area (Å²) in [7, 11) is 0. The number of carbonyl (C=O) groups is 1. The van der Waals surface area contributed by atoms with Crippen molar-refractivity contribution >= 4 is 5.91 Å². The molecule has 0 aromatic heterocycles. The molecule has 3 atom stereocenters. The molecule has 120 valence electrons. The predicted molar refractivity (Wildman–Crippen MR) is 84.9 cm³/mol. The van der Waals surface area contributed by atoms with Gasteiger partial charge in [-0.05, 0) is 63.5 Å². The van der Waals surface area contributed by atoms with E-state index in [4.69, 9.17) is 5.73 Å². The second-order valence-electron chi connectivity index (χ2n) is 7.41. The van der Waals surface area contributed by atoms with E-state index in [0.717, 1.165) is 44.8 Å². The Balaban J connectivity index is 1.73. The number of nitrogens with zero attached hydrogens (tertiary/aromatic N) is 1. The number of rotatable bonds is 7. The van der Waals surface area contributed by atoms with Crippen LogP contribution in [0, 0.1) is 11.8 Å². The molecule has 0 bridgehead atoms. The molecule has 3 rings (SSSR count). The SMILES string of the molecule is CCCNC(CN1CCC2CCCCC21)(C(N)=O)C1CC1. The first-order valence-corrected chi connectivity index (χ1v) is 8.96. The molecule has 3 aliphatic rings. The van der Waals surface area contributed by atoms with E-state index in [9.17, 15) is 4.79 Å². The molecule has 1 saturated heterocycles. The monoisotopic (exact) mass is 293 g/mol. The molecule has 2 saturated carbocycles. The van der Waals surface area contributed by atoms with Crippen LogP contribution in [0.25, 0.3) is 0 Å². The van der Waals surface area contributed by atoms with Crippen molar-refractivity contribution in [3.8, 4) is 0 Å². The normalized spacial score (nSPS) is 32.6. The summed E-state index contributed by atoms with van der Waals surface area (Å²) in [5.74, 6) is 1.21. The Bertz CT molecular complexity index is 382. The van der Waals surface area contributed by atoms with Gasteiger partial charge in [0.2, 0.25) is 5.91 Å². The number of amides is 1. The lowest BCUT2D eigenvalue weighted by atomic mass is 9.84. The van der Waals surface area contributed by atoms with Crippen LogP contribution >= 0.6 is 0 Å². The molecule has 0 aromatic carbocycles. The first-order chi connectivity index (χ1) is 10.2. The number of hydrogen-bond acceptors (Lipinski definition) is 3. The Hall–Kier alpha value is -0.610. The van der Waals surface area contributed by atoms with Gasteiger partial charge in [0.05, 0.1) is 0 Å². The van der Waals surface area contributed by atoms with Gasteiger partial charge in [0.1, 0.15) is 5.54 Å². The molecular weight excluding hydrogens is 262 g/mol. The molecule has 1 amide bonds. The zero-order chi connectivity index (χ0) is 14.9. The fourth-order valence-electron chi connectivity index (χ4n) is 4.64. The van der Waals surface area contributed by atoms with Gasteiger partial charge in [0, 0.05) is 12.6 Å². The van der Waals surface area contributed by atoms with Crippen molar-refractivity contribution in [2.75, 3.05) is 19.6 Å². The summed E-state index contributed by atoms with van der Waals surface area (Å²) < 4.78 is 0. The number of fused-ring (bicyclic) bond motifs is 1. The van der Waals surface area contributed by atoms with Crippen LogP contribution in [0.4, 0.5) is 0 Å². The molecule has 0 aromatic rings. The van der Waals surface area contributed by atoms with Gasteiger partial charge in [-0.15, -0.1) is 0 Å². The topological polar surface area (TPSA) is 58.4 Å². The van der Waals surface area contributed by atoms with E-state index >= 15 is 0 Å². The maximum Gasteiger partial charge on any atom is 0.239 e. The van der Waals surface area contributed by atoms with Crippen LogP contribution < -0.4 is 11.1 Å². The standard InChI is InChI=1S/C17H31N3O/c1-2-10-19-17(16(18)21,14-7-8-14)12-20-11-9-13-5-3-4-6-15(13)20/h13-15,19H,2-12H2,1H3,(H2,18,21). The minimum absolute atomic E-state index is 0.127. The summed E-state index contributed by atoms with van der Waals surface area (Å²) in [6.07, 6.45) is 10.1. The third-order valence-electron chi connectivity index (χ3n) is 5.98. The van der Waals surface area contributed by atoms with Crippen LogP contribution in [0.5, 0.6) is 0 Å². The molecular formula is C17H31N3O. The van der Waals surface area contributed by atoms with E-state index < -0.39 is 5.54 Å². The highest BCUT2D eigenvalue weighted by molar-refractivity contribution is 5.86. The van der Waals surface area contributed by atoms with Crippen LogP contribution in [0.15, 0.2) is 0 Å². The Morgan fingerprint density at radius 1 is 1.24 bits per heavy atom. The maximum atomic E-state index is 12.3. The Kier molecular flexibility index (Phi) is 4.55. The van der Waals surface area contributed by atoms with E-state index in [0.29, 0.717) is 12.0 Å². The zero-order valence-corrected chi connectivity index (χ0v) is 13.4. The first-order valence-electron chi connectivity index (χ1n) is 8.96. The van der Waals surface area contributed by atoms with Gasteiger partial charge in [-0.3, -0.25) is 9.69 Å². The smallest absolute Gasteiger partial charge is 0.239 e. The van der Waals surface area contributed by atoms with E-state index in [1.165, 1.54) is 32.1 Å². The lowest BCUT2D eigenvalue weighted by Gasteiger charge is -2.40. The number of primary amides is 1. The van der Waals surface area contributed by atoms with Crippen LogP contribution in [-0.2, 0) is 4.79 Å². The molecule has 3 fully saturated rings. The molecule has 4 heteroatoms. The molecule has 0 radical (unpaired) electrons. The number of hydrogen-bond donors (Lipinski definition) is 2. The van der Waals surface area contributed by atoms with Gasteiger partial charge < -0.3 is 11.1 Å². The lowest BCUT2D eigenvalue weighted by molar-refractivity contribution is -0.126. The fourth-order valence-corrected chi connectivity index (χ4v) is 4.64. The quantitative estimate of drug-likeness (QED) is 0.753. The van der Waals surface area contributed by atoms with Crippen molar-refractivity contribution in [3.63, 3.8) is 0 Å². The zero-order valence-electron chi connectivity index (χ0n) is 13.4. The molecule has 3 N–H and O–H groups in total. The van der Waals surface area contributed by atoms with E-state index in [1.807, 2.05) is 0 Å². The van der Waals surface area contributed by atoms with Crippen LogP contribution in [0.2, 0.25) is 0 Å². The molecule has 2 aliphatic carbocycles. The van der Waals surface area contributed by atoms with Crippen molar-refractivity contribution in [2.24, 2.45) is 17.6 Å². The van der Waals surface area contributed by atoms with Crippen LogP contribution in [0.3, 0.4) is 0 Å². The van der Waals surface area contributed by atoms with Crippen molar-refractivity contribution in [2.45, 2.75) is 69.9 Å². The summed E-state index contributed by atoms with van der Waals surface area (Å²) in [5.41, 5.74) is 5.40. The van der Waals surface area contributed by atoms with E-state index in [-0.39, 0.29) is 5.91 Å². The van der Waals surface area contributed by atoms with E-state index in [2.05, 4.69) is 17.1 Å². The van der Waals surface area contributed by atoms with Crippen molar-refractivity contribution in [1.29, 1.82) is 0 Å². The molecule has 1 heterocycles. The third kappa shape index (κ3) is 2.98. The van der Waals surface area contributed by atoms with Gasteiger partial charge in [-0.1, -0.05) is 19.8 Å². The van der Waals surface area contributed by atoms with Crippen molar-refractivity contribution in [3.05, 3.63) is 0 Å². The Morgan fingerprint density at radius 2 is 2.00 bits per heavy atom. The van der Waals surface area contributed by atoms with Gasteiger partial charge in [0.15, 0.2) is 0 Å². The number of nitrogens with two attached hydrogens (primary N) is 1. The lowest BCUT2D eigenvalue weighted by Crippen LogP contribution is -2.64. The fraction of sp³-hybridized carbons (Fsp3) is 0.941. The summed E-state index contributed by atoms with van der Waals surface area (Å²) in [5, 5.41) is 3.55. The largest absolute Gasteiger partial charge is 0.368 e. The number of likely N-dealkylation sites (tertiary alicyclic amines) is 1. The van der Waals surface area contributed by atoms with Gasteiger partial charge in [0.25, 0.3) is 0 Å². The third-order valence-corrected chi connectivity index (χ3v) is 5.98. The predicted octanol–water partition coefficient (Wildman–Crippen LogP) is 1.88. The minimum Gasteiger partial charge on any atom is -0.368 e. The summed E-state index contributed by atoms with van der Waals surface area (Å²) in [6, 6.07) is 0.708. The molecule has 21 heavy (non-hydrogen) atoms. The average Bonchev–Trinajstić information content (AvgIpc) is 3.26. The molecule has 4 nitrogen and oxygen atoms in total. The average molecular weight is 293 g/mol. The summed E-state index contributed by atoms with van der Waals surface area (Å²) in [4.78, 5) is 14.9. The highest BCUT2D eigenvalue weighted by Crippen LogP contribution is 2.43. The Labute approximate surface area is 128 Å². The second kappa shape index (κ2) is 6.25. The van der Waals surface area contributed by atoms with Crippen molar-refractivity contribution in [1.82, 2.24) is 10.2 Å². The molecule has 0 spiro atoms. The number of nitrogens with one attached hydrogen (secondary N) is 1. The highest BCUT2D eigenvalue weighted by Gasteiger charge is 2.52.